The number of nitrogens with one attached hydrogen (secondary N) is 1. The number of para-hydroxylation sites is 1. The smallest absolute Gasteiger partial charge is 0.243 e. The normalized spacial score (nSPS) is 12.1. The Labute approximate surface area is 206 Å². The molecule has 0 aliphatic heterocycles. The second-order valence-electron chi connectivity index (χ2n) is 7.97. The van der Waals surface area contributed by atoms with Crippen LogP contribution in [0.15, 0.2) is 78.9 Å². The number of anilines is 1. The molecule has 0 radical (unpaired) electrons. The lowest BCUT2D eigenvalue weighted by Crippen LogP contribution is -2.48. The molecule has 34 heavy (non-hydrogen) atoms. The summed E-state index contributed by atoms with van der Waals surface area (Å²) >= 11 is 1.72. The Morgan fingerprint density at radius 1 is 0.971 bits per heavy atom. The first-order chi connectivity index (χ1) is 16.2. The van der Waals surface area contributed by atoms with E-state index < -0.39 is 16.1 Å². The fourth-order valence-electron chi connectivity index (χ4n) is 3.36. The fraction of sp³-hybridized carbons (Fsp3) is 0.269. The molecule has 3 rings (SSSR count). The van der Waals surface area contributed by atoms with Crippen LogP contribution in [0.5, 0.6) is 11.5 Å². The molecule has 180 valence electrons. The number of aryl methyl sites for hydroxylation is 1. The molecule has 8 heteroatoms. The lowest BCUT2D eigenvalue weighted by Gasteiger charge is -2.28. The predicted octanol–water partition coefficient (Wildman–Crippen LogP) is 4.99. The zero-order valence-electron chi connectivity index (χ0n) is 19.6. The molecule has 0 saturated heterocycles. The van der Waals surface area contributed by atoms with Crippen LogP contribution in [0.2, 0.25) is 0 Å². The van der Waals surface area contributed by atoms with Gasteiger partial charge in [-0.15, -0.1) is 0 Å². The Bertz CT molecular complexity index is 1170. The molecule has 0 aliphatic rings. The number of hydrogen-bond donors (Lipinski definition) is 1. The number of nitrogens with zero attached hydrogens (tertiary/aromatic N) is 1. The average Bonchev–Trinajstić information content (AvgIpc) is 2.81. The Hall–Kier alpha value is -2.97. The molecule has 0 spiro atoms. The summed E-state index contributed by atoms with van der Waals surface area (Å²) in [6.07, 6.45) is 1.10. The monoisotopic (exact) mass is 498 g/mol. The van der Waals surface area contributed by atoms with E-state index in [1.165, 1.54) is 11.1 Å². The van der Waals surface area contributed by atoms with E-state index in [2.05, 4.69) is 36.5 Å². The summed E-state index contributed by atoms with van der Waals surface area (Å²) in [5.74, 6) is 2.51. The van der Waals surface area contributed by atoms with Crippen LogP contribution in [-0.2, 0) is 20.6 Å². The van der Waals surface area contributed by atoms with Gasteiger partial charge in [0.2, 0.25) is 15.9 Å². The first kappa shape index (κ1) is 25.6. The highest BCUT2D eigenvalue weighted by atomic mass is 32.2. The van der Waals surface area contributed by atoms with E-state index in [1.807, 2.05) is 30.3 Å². The number of carbonyl (C=O) groups excluding carboxylic acids is 1. The van der Waals surface area contributed by atoms with Crippen LogP contribution < -0.4 is 14.4 Å². The molecule has 0 unspecified atom stereocenters. The van der Waals surface area contributed by atoms with E-state index >= 15 is 0 Å². The van der Waals surface area contributed by atoms with Crippen LogP contribution in [0, 0.1) is 6.92 Å². The Morgan fingerprint density at radius 2 is 1.59 bits per heavy atom. The van der Waals surface area contributed by atoms with Crippen molar-refractivity contribution in [1.29, 1.82) is 0 Å². The molecule has 0 aromatic heterocycles. The van der Waals surface area contributed by atoms with E-state index in [9.17, 15) is 13.2 Å². The van der Waals surface area contributed by atoms with Gasteiger partial charge in [-0.2, -0.15) is 11.8 Å². The molecule has 0 bridgehead atoms. The maximum absolute atomic E-state index is 12.7. The van der Waals surface area contributed by atoms with Crippen molar-refractivity contribution in [2.75, 3.05) is 22.9 Å². The molecule has 0 heterocycles. The summed E-state index contributed by atoms with van der Waals surface area (Å²) in [5.41, 5.74) is 2.86. The fourth-order valence-corrected chi connectivity index (χ4v) is 5.36. The molecule has 3 aromatic rings. The lowest BCUT2D eigenvalue weighted by atomic mass is 10.2. The first-order valence-electron chi connectivity index (χ1n) is 11.0. The quantitative estimate of drug-likeness (QED) is 0.377. The highest BCUT2D eigenvalue weighted by Crippen LogP contribution is 2.27. The van der Waals surface area contributed by atoms with Crippen LogP contribution in [0.1, 0.15) is 18.1 Å². The van der Waals surface area contributed by atoms with Gasteiger partial charge in [0.05, 0.1) is 11.9 Å². The van der Waals surface area contributed by atoms with E-state index in [4.69, 9.17) is 4.74 Å². The zero-order chi connectivity index (χ0) is 24.6. The third-order valence-corrected chi connectivity index (χ3v) is 7.37. The van der Waals surface area contributed by atoms with Gasteiger partial charge in [-0.1, -0.05) is 48.0 Å². The lowest BCUT2D eigenvalue weighted by molar-refractivity contribution is -0.121. The molecular formula is C26H30N2O4S2. The molecule has 1 amide bonds. The minimum atomic E-state index is -3.68. The molecule has 0 saturated carbocycles. The number of hydrogen-bond acceptors (Lipinski definition) is 5. The van der Waals surface area contributed by atoms with Crippen molar-refractivity contribution in [1.82, 2.24) is 5.32 Å². The van der Waals surface area contributed by atoms with Crippen LogP contribution in [0.25, 0.3) is 0 Å². The van der Waals surface area contributed by atoms with Crippen molar-refractivity contribution in [2.45, 2.75) is 25.6 Å². The predicted molar refractivity (Wildman–Crippen MR) is 140 cm³/mol. The van der Waals surface area contributed by atoms with Gasteiger partial charge >= 0.3 is 0 Å². The average molecular weight is 499 g/mol. The van der Waals surface area contributed by atoms with Crippen molar-refractivity contribution in [3.63, 3.8) is 0 Å². The van der Waals surface area contributed by atoms with E-state index in [1.54, 1.807) is 43.0 Å². The van der Waals surface area contributed by atoms with Gasteiger partial charge in [-0.3, -0.25) is 9.10 Å². The van der Waals surface area contributed by atoms with Gasteiger partial charge in [0.25, 0.3) is 0 Å². The third kappa shape index (κ3) is 7.53. The summed E-state index contributed by atoms with van der Waals surface area (Å²) in [4.78, 5) is 12.7. The van der Waals surface area contributed by atoms with Gasteiger partial charge < -0.3 is 10.1 Å². The van der Waals surface area contributed by atoms with Crippen molar-refractivity contribution in [3.05, 3.63) is 90.0 Å². The summed E-state index contributed by atoms with van der Waals surface area (Å²) in [5, 5.41) is 2.85. The van der Waals surface area contributed by atoms with Crippen LogP contribution >= 0.6 is 11.8 Å². The van der Waals surface area contributed by atoms with Crippen molar-refractivity contribution >= 4 is 33.4 Å². The zero-order valence-corrected chi connectivity index (χ0v) is 21.2. The maximum atomic E-state index is 12.7. The second-order valence-corrected chi connectivity index (χ2v) is 10.9. The minimum Gasteiger partial charge on any atom is -0.457 e. The number of ether oxygens (including phenoxy) is 1. The molecule has 6 nitrogen and oxygen atoms in total. The third-order valence-electron chi connectivity index (χ3n) is 5.09. The highest BCUT2D eigenvalue weighted by Gasteiger charge is 2.28. The van der Waals surface area contributed by atoms with Crippen LogP contribution in [-0.4, -0.2) is 38.9 Å². The van der Waals surface area contributed by atoms with Gasteiger partial charge in [0.1, 0.15) is 17.5 Å². The van der Waals surface area contributed by atoms with E-state index in [0.717, 1.165) is 22.1 Å². The van der Waals surface area contributed by atoms with E-state index in [0.29, 0.717) is 23.7 Å². The van der Waals surface area contributed by atoms with Gasteiger partial charge in [0.15, 0.2) is 0 Å². The van der Waals surface area contributed by atoms with Gasteiger partial charge in [-0.25, -0.2) is 8.42 Å². The van der Waals surface area contributed by atoms with Crippen molar-refractivity contribution in [3.8, 4) is 11.5 Å². The Balaban J connectivity index is 1.56. The number of benzene rings is 3. The van der Waals surface area contributed by atoms with E-state index in [-0.39, 0.29) is 5.91 Å². The SMILES string of the molecule is Cc1ccc(CSCCNC(=O)[C@@H](C)N(c2ccc(Oc3ccccc3)cc2)S(C)(=O)=O)cc1. The number of thioether (sulfide) groups is 1. The topological polar surface area (TPSA) is 75.7 Å². The maximum Gasteiger partial charge on any atom is 0.243 e. The standard InChI is InChI=1S/C26H30N2O4S2/c1-20-9-11-22(12-10-20)19-33-18-17-27-26(29)21(2)28(34(3,30)31)23-13-15-25(16-14-23)32-24-7-5-4-6-8-24/h4-16,21H,17-19H2,1-3H3,(H,27,29)/t21-/m1/s1. The Kier molecular flexibility index (Phi) is 9.01. The largest absolute Gasteiger partial charge is 0.457 e. The number of rotatable bonds is 11. The summed E-state index contributed by atoms with van der Waals surface area (Å²) in [7, 11) is -3.68. The molecule has 1 N–H and O–H groups in total. The summed E-state index contributed by atoms with van der Waals surface area (Å²) < 4.78 is 31.9. The summed E-state index contributed by atoms with van der Waals surface area (Å²) in [6.45, 7) is 4.10. The summed E-state index contributed by atoms with van der Waals surface area (Å²) in [6, 6.07) is 23.4. The molecule has 3 aromatic carbocycles. The molecule has 1 atom stereocenters. The minimum absolute atomic E-state index is 0.342. The number of amides is 1. The van der Waals surface area contributed by atoms with Crippen molar-refractivity contribution in [2.24, 2.45) is 0 Å². The van der Waals surface area contributed by atoms with Crippen LogP contribution in [0.4, 0.5) is 5.69 Å². The van der Waals surface area contributed by atoms with Gasteiger partial charge in [-0.05, 0) is 55.8 Å². The molecular weight excluding hydrogens is 468 g/mol. The van der Waals surface area contributed by atoms with Gasteiger partial charge in [0, 0.05) is 18.1 Å². The highest BCUT2D eigenvalue weighted by molar-refractivity contribution is 7.98. The van der Waals surface area contributed by atoms with Crippen molar-refractivity contribution < 1.29 is 17.9 Å². The Morgan fingerprint density at radius 3 is 2.21 bits per heavy atom. The first-order valence-corrected chi connectivity index (χ1v) is 14.0. The molecule has 0 aliphatic carbocycles. The number of carbonyl (C=O) groups is 1. The second kappa shape index (κ2) is 11.9. The van der Waals surface area contributed by atoms with Crippen LogP contribution in [0.3, 0.4) is 0 Å². The number of sulfonamides is 1. The molecule has 0 fully saturated rings.